The fraction of sp³-hybridized carbons (Fsp3) is 0.542. The number of ether oxygens (including phenoxy) is 2. The predicted molar refractivity (Wildman–Crippen MR) is 139 cm³/mol. The van der Waals surface area contributed by atoms with E-state index in [2.05, 4.69) is 10.1 Å². The number of carbonyl (C=O) groups excluding carboxylic acids is 1. The molecule has 0 spiro atoms. The number of para-hydroxylation sites is 1. The number of hydrogen-bond acceptors (Lipinski definition) is 11. The highest BCUT2D eigenvalue weighted by Crippen LogP contribution is 2.52. The highest BCUT2D eigenvalue weighted by Gasteiger charge is 2.61. The van der Waals surface area contributed by atoms with E-state index in [1.54, 1.807) is 32.0 Å². The van der Waals surface area contributed by atoms with Gasteiger partial charge in [0.15, 0.2) is 6.23 Å². The second kappa shape index (κ2) is 11.7. The van der Waals surface area contributed by atoms with E-state index < -0.39 is 67.8 Å². The summed E-state index contributed by atoms with van der Waals surface area (Å²) in [6.07, 6.45) is -3.92. The van der Waals surface area contributed by atoms with Crippen molar-refractivity contribution in [3.63, 3.8) is 0 Å². The Balaban J connectivity index is 1.95. The number of nitrogens with two attached hydrogens (primary N) is 2. The third-order valence-electron chi connectivity index (χ3n) is 5.97. The third kappa shape index (κ3) is 6.83. The van der Waals surface area contributed by atoms with Gasteiger partial charge in [0.05, 0.1) is 6.10 Å². The van der Waals surface area contributed by atoms with Crippen LogP contribution >= 0.6 is 7.75 Å². The van der Waals surface area contributed by atoms with Crippen LogP contribution in [0.15, 0.2) is 47.4 Å². The molecule has 0 aliphatic carbocycles. The highest BCUT2D eigenvalue weighted by molar-refractivity contribution is 7.52. The highest BCUT2D eigenvalue weighted by atomic mass is 31.2. The van der Waals surface area contributed by atoms with Crippen molar-refractivity contribution >= 4 is 19.5 Å². The van der Waals surface area contributed by atoms with Crippen molar-refractivity contribution in [2.75, 3.05) is 12.4 Å². The van der Waals surface area contributed by atoms with Gasteiger partial charge in [-0.3, -0.25) is 13.9 Å². The van der Waals surface area contributed by atoms with E-state index in [0.717, 1.165) is 4.57 Å². The van der Waals surface area contributed by atoms with E-state index in [-0.39, 0.29) is 11.6 Å². The van der Waals surface area contributed by atoms with Crippen LogP contribution in [0.5, 0.6) is 5.75 Å². The minimum absolute atomic E-state index is 0.0759. The minimum Gasteiger partial charge on any atom is -0.462 e. The summed E-state index contributed by atoms with van der Waals surface area (Å²) in [5.41, 5.74) is 7.08. The van der Waals surface area contributed by atoms with Gasteiger partial charge in [-0.25, -0.2) is 13.8 Å². The molecule has 0 amide bonds. The molecule has 6 atom stereocenters. The van der Waals surface area contributed by atoms with Gasteiger partial charge < -0.3 is 30.6 Å². The van der Waals surface area contributed by atoms with Crippen LogP contribution in [0.1, 0.15) is 40.8 Å². The van der Waals surface area contributed by atoms with Gasteiger partial charge in [-0.15, -0.1) is 0 Å². The first-order chi connectivity index (χ1) is 18.1. The molecule has 1 saturated heterocycles. The molecule has 0 radical (unpaired) electrons. The summed E-state index contributed by atoms with van der Waals surface area (Å²) in [7, 11) is -4.43. The Kier molecular flexibility index (Phi) is 9.20. The standard InChI is InChI=1S/C24H35FN5O8P/c1-14(2)35-20(32)15(3)29-39(34,37-16-9-7-6-8-10-16)38-23(4,5)19-18(31)24(27,13-25)21(36-19)30-12-11-17(26)28-22(30)33/h6-12,14-15,18-19,21,31H,13,27H2,1-5H3,(H,29,34)(H2,26,28,33)/t15-,18?,19-,21+,24+,39+/m0/s1. The number of alkyl halides is 1. The lowest BCUT2D eigenvalue weighted by molar-refractivity contribution is -0.149. The molecule has 1 aliphatic heterocycles. The molecule has 216 valence electrons. The Hall–Kier alpha value is -2.87. The molecular weight excluding hydrogens is 536 g/mol. The topological polar surface area (TPSA) is 190 Å². The number of halogens is 1. The SMILES string of the molecule is CC(C)OC(=O)[C@H](C)N[P@@](=O)(Oc1ccccc1)OC(C)(C)[C@H]1O[C@@H](n2ccc(N)nc2=O)[C@@](N)(CF)C1O. The van der Waals surface area contributed by atoms with Crippen LogP contribution in [0.3, 0.4) is 0 Å². The molecular formula is C24H35FN5O8P. The summed E-state index contributed by atoms with van der Waals surface area (Å²) in [4.78, 5) is 28.5. The molecule has 1 aromatic heterocycles. The molecule has 15 heteroatoms. The van der Waals surface area contributed by atoms with Gasteiger partial charge in [-0.05, 0) is 52.8 Å². The van der Waals surface area contributed by atoms with Crippen molar-refractivity contribution < 1.29 is 37.4 Å². The van der Waals surface area contributed by atoms with Gasteiger partial charge in [0.1, 0.15) is 47.6 Å². The summed E-state index contributed by atoms with van der Waals surface area (Å²) < 4.78 is 51.9. The number of anilines is 1. The number of esters is 1. The molecule has 1 aromatic carbocycles. The van der Waals surface area contributed by atoms with Crippen molar-refractivity contribution in [1.82, 2.24) is 14.6 Å². The van der Waals surface area contributed by atoms with Gasteiger partial charge in [-0.1, -0.05) is 18.2 Å². The van der Waals surface area contributed by atoms with Gasteiger partial charge in [0, 0.05) is 6.20 Å². The monoisotopic (exact) mass is 571 g/mol. The Bertz CT molecular complexity index is 1260. The maximum atomic E-state index is 14.3. The normalized spacial score (nSPS) is 25.7. The molecule has 1 unspecified atom stereocenters. The third-order valence-corrected chi connectivity index (χ3v) is 7.84. The zero-order valence-electron chi connectivity index (χ0n) is 22.3. The van der Waals surface area contributed by atoms with Crippen molar-refractivity contribution in [2.45, 2.75) is 76.3 Å². The van der Waals surface area contributed by atoms with Gasteiger partial charge in [0.2, 0.25) is 0 Å². The van der Waals surface area contributed by atoms with Crippen LogP contribution in [0.25, 0.3) is 0 Å². The molecule has 1 aliphatic rings. The van der Waals surface area contributed by atoms with Crippen LogP contribution in [-0.2, 0) is 23.4 Å². The van der Waals surface area contributed by atoms with Crippen LogP contribution in [0.4, 0.5) is 10.2 Å². The van der Waals surface area contributed by atoms with E-state index in [9.17, 15) is 23.7 Å². The first kappa shape index (κ1) is 30.7. The van der Waals surface area contributed by atoms with Crippen molar-refractivity contribution in [1.29, 1.82) is 0 Å². The van der Waals surface area contributed by atoms with E-state index in [4.69, 9.17) is 30.0 Å². The van der Waals surface area contributed by atoms with Gasteiger partial charge in [-0.2, -0.15) is 10.1 Å². The lowest BCUT2D eigenvalue weighted by Gasteiger charge is -2.37. The lowest BCUT2D eigenvalue weighted by Crippen LogP contribution is -2.59. The zero-order chi connectivity index (χ0) is 29.2. The molecule has 0 saturated carbocycles. The van der Waals surface area contributed by atoms with Gasteiger partial charge in [0.25, 0.3) is 0 Å². The largest absolute Gasteiger partial charge is 0.462 e. The number of benzene rings is 1. The lowest BCUT2D eigenvalue weighted by atomic mass is 9.86. The summed E-state index contributed by atoms with van der Waals surface area (Å²) in [6, 6.07) is 8.18. The van der Waals surface area contributed by atoms with E-state index in [1.807, 2.05) is 0 Å². The van der Waals surface area contributed by atoms with Gasteiger partial charge >= 0.3 is 19.4 Å². The van der Waals surface area contributed by atoms with Crippen LogP contribution in [-0.4, -0.2) is 62.8 Å². The first-order valence-electron chi connectivity index (χ1n) is 12.2. The van der Waals surface area contributed by atoms with Crippen molar-refractivity contribution in [3.05, 3.63) is 53.1 Å². The second-order valence-electron chi connectivity index (χ2n) is 10.1. The Morgan fingerprint density at radius 1 is 1.31 bits per heavy atom. The van der Waals surface area contributed by atoms with E-state index in [0.29, 0.717) is 0 Å². The van der Waals surface area contributed by atoms with Crippen LogP contribution in [0, 0.1) is 0 Å². The number of aromatic nitrogens is 2. The molecule has 2 heterocycles. The average molecular weight is 572 g/mol. The smallest absolute Gasteiger partial charge is 0.460 e. The molecule has 13 nitrogen and oxygen atoms in total. The number of aliphatic hydroxyl groups excluding tert-OH is 1. The summed E-state index contributed by atoms with van der Waals surface area (Å²) in [6.45, 7) is 6.25. The molecule has 0 bridgehead atoms. The number of nitrogens with one attached hydrogen (secondary N) is 1. The van der Waals surface area contributed by atoms with Crippen molar-refractivity contribution in [3.8, 4) is 5.75 Å². The van der Waals surface area contributed by atoms with E-state index in [1.165, 1.54) is 45.2 Å². The number of aliphatic hydroxyl groups is 1. The number of carbonyl (C=O) groups is 1. The average Bonchev–Trinajstić information content (AvgIpc) is 3.10. The first-order valence-corrected chi connectivity index (χ1v) is 13.7. The Morgan fingerprint density at radius 2 is 1.95 bits per heavy atom. The summed E-state index contributed by atoms with van der Waals surface area (Å²) in [5.74, 6) is -0.641. The summed E-state index contributed by atoms with van der Waals surface area (Å²) >= 11 is 0. The molecule has 1 fully saturated rings. The maximum Gasteiger partial charge on any atom is 0.460 e. The maximum absolute atomic E-state index is 14.3. The molecule has 39 heavy (non-hydrogen) atoms. The van der Waals surface area contributed by atoms with E-state index >= 15 is 0 Å². The number of nitrogen functional groups attached to an aromatic ring is 1. The Labute approximate surface area is 225 Å². The number of rotatable bonds is 11. The Morgan fingerprint density at radius 3 is 2.51 bits per heavy atom. The predicted octanol–water partition coefficient (Wildman–Crippen LogP) is 1.66. The molecule has 2 aromatic rings. The minimum atomic E-state index is -4.43. The fourth-order valence-corrected chi connectivity index (χ4v) is 5.91. The zero-order valence-corrected chi connectivity index (χ0v) is 23.2. The summed E-state index contributed by atoms with van der Waals surface area (Å²) in [5, 5.41) is 13.7. The number of hydrogen-bond donors (Lipinski definition) is 4. The van der Waals surface area contributed by atoms with Crippen LogP contribution in [0.2, 0.25) is 0 Å². The second-order valence-corrected chi connectivity index (χ2v) is 11.7. The molecule has 6 N–H and O–H groups in total. The number of nitrogens with zero attached hydrogens (tertiary/aromatic N) is 2. The fourth-order valence-electron chi connectivity index (χ4n) is 4.06. The van der Waals surface area contributed by atoms with Crippen molar-refractivity contribution in [2.24, 2.45) is 5.73 Å². The quantitative estimate of drug-likeness (QED) is 0.226. The molecule has 3 rings (SSSR count). The van der Waals surface area contributed by atoms with Crippen LogP contribution < -0.4 is 26.8 Å².